The molecule has 8 nitrogen and oxygen atoms in total. The van der Waals surface area contributed by atoms with Crippen LogP contribution in [-0.4, -0.2) is 51.7 Å². The smallest absolute Gasteiger partial charge is 0.341 e. The third kappa shape index (κ3) is 6.18. The van der Waals surface area contributed by atoms with E-state index in [4.69, 9.17) is 11.6 Å². The predicted molar refractivity (Wildman–Crippen MR) is 153 cm³/mol. The first-order valence-corrected chi connectivity index (χ1v) is 14.4. The second-order valence-electron chi connectivity index (χ2n) is 11.2. The number of nitrogens with one attached hydrogen (secondary N) is 2. The van der Waals surface area contributed by atoms with Gasteiger partial charge in [-0.2, -0.15) is 26.3 Å². The monoisotopic (exact) mass is 687 g/mol. The Hall–Kier alpha value is -4.44. The first kappa shape index (κ1) is 32.5. The third-order valence-corrected chi connectivity index (χ3v) is 8.41. The molecule has 47 heavy (non-hydrogen) atoms. The number of likely N-dealkylation sites (tertiary alicyclic amines) is 1. The van der Waals surface area contributed by atoms with E-state index in [1.807, 2.05) is 4.90 Å². The average Bonchev–Trinajstić information content (AvgIpc) is 3.41. The van der Waals surface area contributed by atoms with E-state index in [9.17, 15) is 49.5 Å². The lowest BCUT2D eigenvalue weighted by Crippen LogP contribution is -2.40. The Morgan fingerprint density at radius 3 is 2.30 bits per heavy atom. The van der Waals surface area contributed by atoms with Gasteiger partial charge in [-0.05, 0) is 62.0 Å². The number of imidazole rings is 1. The topological polar surface area (TPSA) is 88.4 Å². The van der Waals surface area contributed by atoms with Gasteiger partial charge in [-0.1, -0.05) is 11.6 Å². The van der Waals surface area contributed by atoms with Crippen LogP contribution >= 0.6 is 11.6 Å². The van der Waals surface area contributed by atoms with Crippen LogP contribution in [0.3, 0.4) is 0 Å². The van der Waals surface area contributed by atoms with Crippen molar-refractivity contribution in [3.05, 3.63) is 97.4 Å². The molecule has 1 fully saturated rings. The first-order chi connectivity index (χ1) is 22.0. The van der Waals surface area contributed by atoms with E-state index in [1.54, 1.807) is 0 Å². The Morgan fingerprint density at radius 1 is 0.936 bits per heavy atom. The Morgan fingerprint density at radius 2 is 1.66 bits per heavy atom. The number of hydrogen-bond donors (Lipinski definition) is 2. The van der Waals surface area contributed by atoms with E-state index < -0.39 is 76.4 Å². The molecule has 0 bridgehead atoms. The zero-order valence-electron chi connectivity index (χ0n) is 23.8. The van der Waals surface area contributed by atoms with Crippen LogP contribution in [0.1, 0.15) is 49.9 Å². The summed E-state index contributed by atoms with van der Waals surface area (Å²) in [7, 11) is 0. The minimum atomic E-state index is -5.03. The first-order valence-electron chi connectivity index (χ1n) is 14.1. The van der Waals surface area contributed by atoms with Crippen LogP contribution in [0, 0.1) is 11.6 Å². The number of aromatic nitrogens is 2. The molecular formula is C30H22ClF8N5O3. The van der Waals surface area contributed by atoms with Crippen LogP contribution in [0.15, 0.2) is 47.3 Å². The van der Waals surface area contributed by atoms with Gasteiger partial charge in [-0.25, -0.2) is 13.6 Å². The molecule has 3 heterocycles. The molecule has 3 aromatic carbocycles. The predicted octanol–water partition coefficient (Wildman–Crippen LogP) is 6.11. The van der Waals surface area contributed by atoms with Crippen LogP contribution in [0.4, 0.5) is 40.8 Å². The maximum atomic E-state index is 14.4. The standard InChI is InChI=1S/C30H22ClF8N5O3/c31-19-3-2-16(32)11-18(19)24-22-20(40-26(45)14-8-15(30(37,38)39)10-17(33)9-14)12-21-25(23(22)27(46)41-24)43(7-6-42-4-1-5-42)28(47)44(21)13-29(34,35)36/h2-3,8-12,24H,1,4-7,13H2,(H,40,45)(H,41,46). The molecule has 2 aliphatic rings. The van der Waals surface area contributed by atoms with E-state index in [1.165, 1.54) is 6.07 Å². The second-order valence-corrected chi connectivity index (χ2v) is 11.6. The van der Waals surface area contributed by atoms with Crippen LogP contribution in [0.5, 0.6) is 0 Å². The Bertz CT molecular complexity index is 2000. The number of amides is 2. The van der Waals surface area contributed by atoms with Gasteiger partial charge in [-0.15, -0.1) is 0 Å². The average molecular weight is 688 g/mol. The van der Waals surface area contributed by atoms with E-state index in [2.05, 4.69) is 10.6 Å². The summed E-state index contributed by atoms with van der Waals surface area (Å²) in [5.41, 5.74) is -4.92. The summed E-state index contributed by atoms with van der Waals surface area (Å²) in [4.78, 5) is 42.4. The van der Waals surface area contributed by atoms with Gasteiger partial charge in [0.15, 0.2) is 0 Å². The summed E-state index contributed by atoms with van der Waals surface area (Å²) in [5.74, 6) is -4.40. The molecule has 0 aliphatic carbocycles. The maximum absolute atomic E-state index is 14.4. The fraction of sp³-hybridized carbons (Fsp3) is 0.300. The van der Waals surface area contributed by atoms with Crippen molar-refractivity contribution in [2.24, 2.45) is 0 Å². The lowest BCUT2D eigenvalue weighted by molar-refractivity contribution is -0.140. The zero-order chi connectivity index (χ0) is 34.0. The van der Waals surface area contributed by atoms with E-state index in [0.717, 1.165) is 29.2 Å². The molecule has 2 amide bonds. The van der Waals surface area contributed by atoms with Crippen LogP contribution in [0.2, 0.25) is 5.02 Å². The van der Waals surface area contributed by atoms with Crippen molar-refractivity contribution in [1.82, 2.24) is 19.4 Å². The number of rotatable bonds is 7. The molecule has 4 aromatic rings. The van der Waals surface area contributed by atoms with Crippen molar-refractivity contribution in [3.8, 4) is 0 Å². The number of hydrogen-bond acceptors (Lipinski definition) is 4. The third-order valence-electron chi connectivity index (χ3n) is 8.06. The van der Waals surface area contributed by atoms with Gasteiger partial charge in [-0.3, -0.25) is 18.7 Å². The molecule has 0 radical (unpaired) electrons. The second kappa shape index (κ2) is 11.7. The van der Waals surface area contributed by atoms with Gasteiger partial charge in [0.05, 0.1) is 28.2 Å². The molecule has 6 rings (SSSR count). The fourth-order valence-corrected chi connectivity index (χ4v) is 6.07. The van der Waals surface area contributed by atoms with Gasteiger partial charge in [0.25, 0.3) is 11.8 Å². The Kier molecular flexibility index (Phi) is 8.07. The Labute approximate surface area is 264 Å². The molecule has 17 heteroatoms. The SMILES string of the molecule is O=C(Nc1cc2c(c3c1C(c1cc(F)ccc1Cl)NC3=O)n(CCN1CCC1)c(=O)n2CC(F)(F)F)c1cc(F)cc(C(F)(F)F)c1. The van der Waals surface area contributed by atoms with Crippen LogP contribution in [0.25, 0.3) is 11.0 Å². The quantitative estimate of drug-likeness (QED) is 0.230. The molecule has 2 N–H and O–H groups in total. The molecule has 0 spiro atoms. The summed E-state index contributed by atoms with van der Waals surface area (Å²) in [6.07, 6.45) is -9.05. The number of fused-ring (bicyclic) bond motifs is 3. The molecule has 1 unspecified atom stereocenters. The highest BCUT2D eigenvalue weighted by atomic mass is 35.5. The van der Waals surface area contributed by atoms with Crippen molar-refractivity contribution in [2.45, 2.75) is 37.9 Å². The minimum Gasteiger partial charge on any atom is -0.341 e. The Balaban J connectivity index is 1.60. The highest BCUT2D eigenvalue weighted by Gasteiger charge is 2.40. The number of anilines is 1. The lowest BCUT2D eigenvalue weighted by Gasteiger charge is -2.30. The lowest BCUT2D eigenvalue weighted by atomic mass is 9.95. The molecule has 0 saturated carbocycles. The van der Waals surface area contributed by atoms with Crippen molar-refractivity contribution in [3.63, 3.8) is 0 Å². The van der Waals surface area contributed by atoms with Crippen LogP contribution < -0.4 is 16.3 Å². The minimum absolute atomic E-state index is 0.0251. The van der Waals surface area contributed by atoms with Gasteiger partial charge in [0, 0.05) is 40.5 Å². The van der Waals surface area contributed by atoms with Gasteiger partial charge >= 0.3 is 18.0 Å². The molecular weight excluding hydrogens is 666 g/mol. The number of halogens is 9. The highest BCUT2D eigenvalue weighted by Crippen LogP contribution is 2.43. The summed E-state index contributed by atoms with van der Waals surface area (Å²) >= 11 is 6.34. The summed E-state index contributed by atoms with van der Waals surface area (Å²) in [5, 5.41) is 4.80. The molecule has 1 aromatic heterocycles. The molecule has 2 aliphatic heterocycles. The number of benzene rings is 3. The van der Waals surface area contributed by atoms with Crippen molar-refractivity contribution in [1.29, 1.82) is 0 Å². The van der Waals surface area contributed by atoms with Gasteiger partial charge < -0.3 is 15.5 Å². The zero-order valence-corrected chi connectivity index (χ0v) is 24.6. The van der Waals surface area contributed by atoms with Crippen LogP contribution in [-0.2, 0) is 19.3 Å². The fourth-order valence-electron chi connectivity index (χ4n) is 5.84. The maximum Gasteiger partial charge on any atom is 0.416 e. The summed E-state index contributed by atoms with van der Waals surface area (Å²) < 4.78 is 111. The van der Waals surface area contributed by atoms with Gasteiger partial charge in [0.2, 0.25) is 0 Å². The van der Waals surface area contributed by atoms with Crippen molar-refractivity contribution < 1.29 is 44.7 Å². The number of alkyl halides is 6. The summed E-state index contributed by atoms with van der Waals surface area (Å²) in [6, 6.07) is 3.89. The van der Waals surface area contributed by atoms with E-state index >= 15 is 0 Å². The molecule has 248 valence electrons. The van der Waals surface area contributed by atoms with Crippen molar-refractivity contribution in [2.75, 3.05) is 25.0 Å². The van der Waals surface area contributed by atoms with E-state index in [-0.39, 0.29) is 46.4 Å². The summed E-state index contributed by atoms with van der Waals surface area (Å²) in [6.45, 7) is -0.229. The molecule has 1 saturated heterocycles. The normalized spacial score (nSPS) is 16.7. The van der Waals surface area contributed by atoms with E-state index in [0.29, 0.717) is 29.8 Å². The van der Waals surface area contributed by atoms with Crippen molar-refractivity contribution >= 4 is 40.1 Å². The largest absolute Gasteiger partial charge is 0.416 e. The number of nitrogens with zero attached hydrogens (tertiary/aromatic N) is 3. The van der Waals surface area contributed by atoms with Gasteiger partial charge in [0.1, 0.15) is 18.2 Å². The number of carbonyl (C=O) groups is 2. The molecule has 1 atom stereocenters. The number of carbonyl (C=O) groups excluding carboxylic acids is 2. The highest BCUT2D eigenvalue weighted by molar-refractivity contribution is 6.31.